The van der Waals surface area contributed by atoms with Crippen molar-refractivity contribution in [2.75, 3.05) is 18.4 Å². The Hall–Kier alpha value is -1.95. The minimum Gasteiger partial charge on any atom is -0.367 e. The molecule has 0 fully saturated rings. The summed E-state index contributed by atoms with van der Waals surface area (Å²) >= 11 is 1.65. The SMILES string of the molecule is C[C@@H]1CCc2sc(C(=O)NCCNc3cnccn3)cc2C1. The molecule has 0 saturated heterocycles. The number of aromatic nitrogens is 2. The summed E-state index contributed by atoms with van der Waals surface area (Å²) in [7, 11) is 0. The lowest BCUT2D eigenvalue weighted by atomic mass is 9.90. The predicted octanol–water partition coefficient (Wildman–Crippen LogP) is 2.50. The van der Waals surface area contributed by atoms with Gasteiger partial charge in [-0.05, 0) is 36.8 Å². The lowest BCUT2D eigenvalue weighted by Gasteiger charge is -2.16. The highest BCUT2D eigenvalue weighted by molar-refractivity contribution is 7.14. The van der Waals surface area contributed by atoms with Gasteiger partial charge in [0.05, 0.1) is 11.1 Å². The Kier molecular flexibility index (Phi) is 4.68. The molecule has 2 heterocycles. The molecule has 0 aromatic carbocycles. The van der Waals surface area contributed by atoms with Crippen LogP contribution in [0.15, 0.2) is 24.7 Å². The van der Waals surface area contributed by atoms with Crippen LogP contribution in [0, 0.1) is 5.92 Å². The van der Waals surface area contributed by atoms with Gasteiger partial charge in [-0.2, -0.15) is 0 Å². The van der Waals surface area contributed by atoms with Gasteiger partial charge in [-0.3, -0.25) is 9.78 Å². The van der Waals surface area contributed by atoms with Gasteiger partial charge in [0, 0.05) is 30.4 Å². The second-order valence-corrected chi connectivity index (χ2v) is 6.82. The monoisotopic (exact) mass is 316 g/mol. The average molecular weight is 316 g/mol. The number of aryl methyl sites for hydroxylation is 1. The van der Waals surface area contributed by atoms with Gasteiger partial charge in [0.1, 0.15) is 5.82 Å². The molecule has 0 radical (unpaired) electrons. The van der Waals surface area contributed by atoms with E-state index >= 15 is 0 Å². The fraction of sp³-hybridized carbons (Fsp3) is 0.438. The summed E-state index contributed by atoms with van der Waals surface area (Å²) in [6.45, 7) is 3.47. The Morgan fingerprint density at radius 3 is 3.14 bits per heavy atom. The average Bonchev–Trinajstić information content (AvgIpc) is 2.95. The van der Waals surface area contributed by atoms with Gasteiger partial charge in [0.25, 0.3) is 5.91 Å². The van der Waals surface area contributed by atoms with E-state index < -0.39 is 0 Å². The minimum absolute atomic E-state index is 0.0213. The van der Waals surface area contributed by atoms with E-state index in [0.717, 1.165) is 29.5 Å². The Balaban J connectivity index is 1.48. The predicted molar refractivity (Wildman–Crippen MR) is 88.4 cm³/mol. The lowest BCUT2D eigenvalue weighted by molar-refractivity contribution is 0.0959. The van der Waals surface area contributed by atoms with E-state index in [9.17, 15) is 4.79 Å². The molecule has 1 atom stereocenters. The highest BCUT2D eigenvalue weighted by atomic mass is 32.1. The molecule has 116 valence electrons. The van der Waals surface area contributed by atoms with Crippen LogP contribution >= 0.6 is 11.3 Å². The number of carbonyl (C=O) groups is 1. The van der Waals surface area contributed by atoms with Crippen LogP contribution in [0.3, 0.4) is 0 Å². The summed E-state index contributed by atoms with van der Waals surface area (Å²) in [6.07, 6.45) is 8.38. The summed E-state index contributed by atoms with van der Waals surface area (Å²) in [5, 5.41) is 6.07. The number of amides is 1. The summed E-state index contributed by atoms with van der Waals surface area (Å²) in [6, 6.07) is 2.07. The summed E-state index contributed by atoms with van der Waals surface area (Å²) in [4.78, 5) is 22.5. The van der Waals surface area contributed by atoms with Gasteiger partial charge in [-0.1, -0.05) is 6.92 Å². The molecule has 0 spiro atoms. The van der Waals surface area contributed by atoms with Crippen LogP contribution in [-0.2, 0) is 12.8 Å². The first-order valence-corrected chi connectivity index (χ1v) is 8.43. The summed E-state index contributed by atoms with van der Waals surface area (Å²) < 4.78 is 0. The normalized spacial score (nSPS) is 16.9. The van der Waals surface area contributed by atoms with Crippen molar-refractivity contribution in [3.8, 4) is 0 Å². The number of carbonyl (C=O) groups excluding carboxylic acids is 1. The van der Waals surface area contributed by atoms with E-state index in [-0.39, 0.29) is 5.91 Å². The Bertz CT molecular complexity index is 641. The van der Waals surface area contributed by atoms with E-state index in [4.69, 9.17) is 0 Å². The van der Waals surface area contributed by atoms with Gasteiger partial charge < -0.3 is 10.6 Å². The molecule has 1 aliphatic rings. The van der Waals surface area contributed by atoms with Crippen LogP contribution in [0.4, 0.5) is 5.82 Å². The van der Waals surface area contributed by atoms with Crippen LogP contribution < -0.4 is 10.6 Å². The standard InChI is InChI=1S/C16H20N4OS/c1-11-2-3-13-12(8-11)9-14(22-13)16(21)20-7-6-19-15-10-17-4-5-18-15/h4-5,9-11H,2-3,6-8H2,1H3,(H,18,19)(H,20,21)/t11-/m1/s1. The smallest absolute Gasteiger partial charge is 0.261 e. The molecular formula is C16H20N4OS. The number of hydrogen-bond acceptors (Lipinski definition) is 5. The van der Waals surface area contributed by atoms with Crippen molar-refractivity contribution < 1.29 is 4.79 Å². The zero-order valence-electron chi connectivity index (χ0n) is 12.6. The highest BCUT2D eigenvalue weighted by Crippen LogP contribution is 2.32. The number of nitrogens with one attached hydrogen (secondary N) is 2. The Morgan fingerprint density at radius 2 is 2.32 bits per heavy atom. The second kappa shape index (κ2) is 6.87. The second-order valence-electron chi connectivity index (χ2n) is 5.68. The van der Waals surface area contributed by atoms with Crippen molar-refractivity contribution in [1.82, 2.24) is 15.3 Å². The van der Waals surface area contributed by atoms with Crippen molar-refractivity contribution in [1.29, 1.82) is 0 Å². The van der Waals surface area contributed by atoms with E-state index in [2.05, 4.69) is 33.6 Å². The molecule has 0 unspecified atom stereocenters. The number of anilines is 1. The third-order valence-corrected chi connectivity index (χ3v) is 5.07. The Morgan fingerprint density at radius 1 is 1.41 bits per heavy atom. The molecule has 2 aromatic rings. The minimum atomic E-state index is 0.0213. The molecule has 5 nitrogen and oxygen atoms in total. The molecular weight excluding hydrogens is 296 g/mol. The van der Waals surface area contributed by atoms with Gasteiger partial charge in [-0.25, -0.2) is 4.98 Å². The zero-order chi connectivity index (χ0) is 15.4. The quantitative estimate of drug-likeness (QED) is 0.832. The largest absolute Gasteiger partial charge is 0.367 e. The molecule has 1 aliphatic carbocycles. The third kappa shape index (κ3) is 3.62. The maximum Gasteiger partial charge on any atom is 0.261 e. The first-order chi connectivity index (χ1) is 10.7. The van der Waals surface area contributed by atoms with Gasteiger partial charge in [-0.15, -0.1) is 11.3 Å². The molecule has 2 N–H and O–H groups in total. The number of hydrogen-bond donors (Lipinski definition) is 2. The maximum absolute atomic E-state index is 12.2. The van der Waals surface area contributed by atoms with E-state index in [0.29, 0.717) is 13.1 Å². The molecule has 1 amide bonds. The van der Waals surface area contributed by atoms with E-state index in [1.807, 2.05) is 0 Å². The fourth-order valence-electron chi connectivity index (χ4n) is 2.66. The first-order valence-electron chi connectivity index (χ1n) is 7.62. The van der Waals surface area contributed by atoms with Crippen LogP contribution in [-0.4, -0.2) is 29.0 Å². The Labute approximate surface area is 134 Å². The molecule has 22 heavy (non-hydrogen) atoms. The van der Waals surface area contributed by atoms with E-state index in [1.54, 1.807) is 29.9 Å². The number of rotatable bonds is 5. The topological polar surface area (TPSA) is 66.9 Å². The van der Waals surface area contributed by atoms with Gasteiger partial charge in [0.15, 0.2) is 0 Å². The van der Waals surface area contributed by atoms with E-state index in [1.165, 1.54) is 16.9 Å². The van der Waals surface area contributed by atoms with Crippen molar-refractivity contribution in [3.63, 3.8) is 0 Å². The number of nitrogens with zero attached hydrogens (tertiary/aromatic N) is 2. The van der Waals surface area contributed by atoms with Crippen LogP contribution in [0.5, 0.6) is 0 Å². The molecule has 3 rings (SSSR count). The van der Waals surface area contributed by atoms with Crippen molar-refractivity contribution >= 4 is 23.1 Å². The maximum atomic E-state index is 12.2. The van der Waals surface area contributed by atoms with Crippen LogP contribution in [0.2, 0.25) is 0 Å². The van der Waals surface area contributed by atoms with Crippen LogP contribution in [0.25, 0.3) is 0 Å². The van der Waals surface area contributed by atoms with Gasteiger partial charge >= 0.3 is 0 Å². The molecule has 2 aromatic heterocycles. The number of fused-ring (bicyclic) bond motifs is 1. The fourth-order valence-corrected chi connectivity index (χ4v) is 3.79. The van der Waals surface area contributed by atoms with Crippen LogP contribution in [0.1, 0.15) is 33.5 Å². The summed E-state index contributed by atoms with van der Waals surface area (Å²) in [5.74, 6) is 1.47. The molecule has 0 aliphatic heterocycles. The molecule has 6 heteroatoms. The summed E-state index contributed by atoms with van der Waals surface area (Å²) in [5.41, 5.74) is 1.37. The third-order valence-electron chi connectivity index (χ3n) is 3.83. The van der Waals surface area contributed by atoms with Crippen molar-refractivity contribution in [3.05, 3.63) is 40.0 Å². The van der Waals surface area contributed by atoms with Crippen molar-refractivity contribution in [2.45, 2.75) is 26.2 Å². The first kappa shape index (κ1) is 15.0. The van der Waals surface area contributed by atoms with Crippen molar-refractivity contribution in [2.24, 2.45) is 5.92 Å². The molecule has 0 bridgehead atoms. The lowest BCUT2D eigenvalue weighted by Crippen LogP contribution is -2.28. The zero-order valence-corrected chi connectivity index (χ0v) is 13.4. The molecule has 0 saturated carbocycles. The number of thiophene rings is 1. The van der Waals surface area contributed by atoms with Gasteiger partial charge in [0.2, 0.25) is 0 Å². The highest BCUT2D eigenvalue weighted by Gasteiger charge is 2.20.